The number of primary amides is 1. The molecule has 1 heterocycles. The normalized spacial score (nSPS) is 20.5. The minimum atomic E-state index is -0.829. The molecule has 1 saturated heterocycles. The highest BCUT2D eigenvalue weighted by molar-refractivity contribution is 9.10. The summed E-state index contributed by atoms with van der Waals surface area (Å²) < 4.78 is 7.87. The second kappa shape index (κ2) is 10.1. The van der Waals surface area contributed by atoms with Crippen LogP contribution in [0.1, 0.15) is 24.0 Å². The summed E-state index contributed by atoms with van der Waals surface area (Å²) >= 11 is 3.54. The molecule has 0 saturated carbocycles. The van der Waals surface area contributed by atoms with E-state index >= 15 is 0 Å². The smallest absolute Gasteiger partial charge is 0.233 e. The average Bonchev–Trinajstić information content (AvgIpc) is 3.22. The number of para-hydroxylation sites is 1. The average molecular weight is 508 g/mol. The van der Waals surface area contributed by atoms with Crippen molar-refractivity contribution in [3.63, 3.8) is 0 Å². The standard InChI is InChI=1S/C28H31BrN2O2/c1-31(18-10-20-33-26-16-9-8-15-25(26)29)19-17-24(21-31)28(27(30)32,22-11-4-2-5-12-22)23-13-6-3-7-14-23/h2-9,11-16,24H,10,17-21H2,1H3,(H-,30,32)/p+1. The first-order valence-corrected chi connectivity index (χ1v) is 12.4. The molecule has 1 fully saturated rings. The molecule has 0 spiro atoms. The summed E-state index contributed by atoms with van der Waals surface area (Å²) in [6.07, 6.45) is 1.90. The minimum Gasteiger partial charge on any atom is -0.492 e. The maximum atomic E-state index is 13.3. The first kappa shape index (κ1) is 23.5. The van der Waals surface area contributed by atoms with Crippen molar-refractivity contribution in [3.05, 3.63) is 101 Å². The summed E-state index contributed by atoms with van der Waals surface area (Å²) in [6.45, 7) is 3.59. The lowest BCUT2D eigenvalue weighted by atomic mass is 9.64. The van der Waals surface area contributed by atoms with Crippen molar-refractivity contribution < 1.29 is 14.0 Å². The highest BCUT2D eigenvalue weighted by Crippen LogP contribution is 2.45. The van der Waals surface area contributed by atoms with Gasteiger partial charge in [0.05, 0.1) is 37.8 Å². The SMILES string of the molecule is C[N+]1(CCCOc2ccccc2Br)CCC(C(C(N)=O)(c2ccccc2)c2ccccc2)C1. The number of nitrogens with zero attached hydrogens (tertiary/aromatic N) is 1. The van der Waals surface area contributed by atoms with Crippen LogP contribution in [-0.2, 0) is 10.2 Å². The Morgan fingerprint density at radius 1 is 1.00 bits per heavy atom. The van der Waals surface area contributed by atoms with Gasteiger partial charge >= 0.3 is 0 Å². The van der Waals surface area contributed by atoms with Crippen molar-refractivity contribution in [2.75, 3.05) is 33.3 Å². The van der Waals surface area contributed by atoms with Crippen molar-refractivity contribution >= 4 is 21.8 Å². The first-order valence-electron chi connectivity index (χ1n) is 11.6. The molecule has 2 N–H and O–H groups in total. The van der Waals surface area contributed by atoms with Gasteiger partial charge in [0.25, 0.3) is 0 Å². The van der Waals surface area contributed by atoms with Gasteiger partial charge in [-0.3, -0.25) is 4.79 Å². The predicted octanol–water partition coefficient (Wildman–Crippen LogP) is 5.16. The van der Waals surface area contributed by atoms with E-state index in [-0.39, 0.29) is 11.8 Å². The highest BCUT2D eigenvalue weighted by Gasteiger charge is 2.53. The summed E-state index contributed by atoms with van der Waals surface area (Å²) in [5, 5.41) is 0. The molecule has 0 aliphatic carbocycles. The van der Waals surface area contributed by atoms with E-state index < -0.39 is 5.41 Å². The van der Waals surface area contributed by atoms with Gasteiger partial charge < -0.3 is 15.0 Å². The Kier molecular flexibility index (Phi) is 7.20. The zero-order valence-electron chi connectivity index (χ0n) is 19.1. The van der Waals surface area contributed by atoms with E-state index in [1.165, 1.54) is 0 Å². The number of halogens is 1. The molecule has 4 rings (SSSR count). The van der Waals surface area contributed by atoms with E-state index in [1.807, 2.05) is 84.9 Å². The Bertz CT molecular complexity index is 1030. The third-order valence-electron chi connectivity index (χ3n) is 7.07. The number of benzene rings is 3. The molecule has 172 valence electrons. The summed E-state index contributed by atoms with van der Waals surface area (Å²) in [5.41, 5.74) is 7.38. The van der Waals surface area contributed by atoms with Gasteiger partial charge in [-0.05, 0) is 39.2 Å². The van der Waals surface area contributed by atoms with E-state index in [0.29, 0.717) is 6.61 Å². The zero-order chi connectivity index (χ0) is 23.3. The Morgan fingerprint density at radius 2 is 1.58 bits per heavy atom. The molecule has 1 aliphatic heterocycles. The fourth-order valence-electron chi connectivity index (χ4n) is 5.45. The van der Waals surface area contributed by atoms with Crippen LogP contribution in [0.2, 0.25) is 0 Å². The fraction of sp³-hybridized carbons (Fsp3) is 0.321. The van der Waals surface area contributed by atoms with E-state index in [4.69, 9.17) is 10.5 Å². The molecule has 5 heteroatoms. The van der Waals surface area contributed by atoms with Crippen molar-refractivity contribution in [2.24, 2.45) is 11.7 Å². The number of rotatable bonds is 9. The maximum Gasteiger partial charge on any atom is 0.233 e. The molecule has 0 aromatic heterocycles. The molecule has 0 bridgehead atoms. The number of amides is 1. The van der Waals surface area contributed by atoms with E-state index in [2.05, 4.69) is 23.0 Å². The Morgan fingerprint density at radius 3 is 2.15 bits per heavy atom. The number of likely N-dealkylation sites (tertiary alicyclic amines) is 1. The fourth-order valence-corrected chi connectivity index (χ4v) is 5.85. The second-order valence-electron chi connectivity index (χ2n) is 9.27. The number of carbonyl (C=O) groups is 1. The van der Waals surface area contributed by atoms with Crippen LogP contribution in [0.3, 0.4) is 0 Å². The first-order chi connectivity index (χ1) is 16.0. The summed E-state index contributed by atoms with van der Waals surface area (Å²) in [5.74, 6) is 0.741. The lowest BCUT2D eigenvalue weighted by Crippen LogP contribution is -2.51. The van der Waals surface area contributed by atoms with Crippen molar-refractivity contribution in [2.45, 2.75) is 18.3 Å². The van der Waals surface area contributed by atoms with Crippen molar-refractivity contribution in [1.29, 1.82) is 0 Å². The number of ether oxygens (including phenoxy) is 1. The quantitative estimate of drug-likeness (QED) is 0.321. The van der Waals surface area contributed by atoms with E-state index in [1.54, 1.807) is 0 Å². The topological polar surface area (TPSA) is 52.3 Å². The van der Waals surface area contributed by atoms with E-state index in [0.717, 1.165) is 58.3 Å². The largest absolute Gasteiger partial charge is 0.492 e. The van der Waals surface area contributed by atoms with Crippen LogP contribution in [0.4, 0.5) is 0 Å². The van der Waals surface area contributed by atoms with Gasteiger partial charge in [-0.1, -0.05) is 72.8 Å². The Labute approximate surface area is 205 Å². The molecule has 4 nitrogen and oxygen atoms in total. The van der Waals surface area contributed by atoms with Gasteiger partial charge in [0.2, 0.25) is 5.91 Å². The molecular formula is C28H32BrN2O2+. The molecule has 1 aliphatic rings. The van der Waals surface area contributed by atoms with Gasteiger partial charge in [-0.25, -0.2) is 0 Å². The molecule has 2 atom stereocenters. The molecular weight excluding hydrogens is 476 g/mol. The molecule has 0 radical (unpaired) electrons. The summed E-state index contributed by atoms with van der Waals surface area (Å²) in [7, 11) is 2.29. The highest BCUT2D eigenvalue weighted by atomic mass is 79.9. The van der Waals surface area contributed by atoms with Crippen LogP contribution in [-0.4, -0.2) is 43.7 Å². The van der Waals surface area contributed by atoms with Gasteiger partial charge in [0.1, 0.15) is 11.2 Å². The molecule has 33 heavy (non-hydrogen) atoms. The van der Waals surface area contributed by atoms with Crippen molar-refractivity contribution in [1.82, 2.24) is 0 Å². The van der Waals surface area contributed by atoms with Crippen LogP contribution in [0.5, 0.6) is 5.75 Å². The molecule has 1 amide bonds. The van der Waals surface area contributed by atoms with Gasteiger partial charge in [0.15, 0.2) is 0 Å². The van der Waals surface area contributed by atoms with Crippen LogP contribution in [0.25, 0.3) is 0 Å². The molecule has 3 aromatic rings. The summed E-state index contributed by atoms with van der Waals surface area (Å²) in [6, 6.07) is 28.1. The van der Waals surface area contributed by atoms with Crippen LogP contribution in [0.15, 0.2) is 89.4 Å². The molecule has 2 unspecified atom stereocenters. The zero-order valence-corrected chi connectivity index (χ0v) is 20.7. The molecule has 3 aromatic carbocycles. The number of hydrogen-bond acceptors (Lipinski definition) is 2. The minimum absolute atomic E-state index is 0.133. The second-order valence-corrected chi connectivity index (χ2v) is 10.1. The van der Waals surface area contributed by atoms with Gasteiger partial charge in [0, 0.05) is 18.8 Å². The third-order valence-corrected chi connectivity index (χ3v) is 7.73. The van der Waals surface area contributed by atoms with Crippen LogP contribution >= 0.6 is 15.9 Å². The Balaban J connectivity index is 1.53. The number of hydrogen-bond donors (Lipinski definition) is 1. The van der Waals surface area contributed by atoms with Crippen LogP contribution < -0.4 is 10.5 Å². The van der Waals surface area contributed by atoms with E-state index in [9.17, 15) is 4.79 Å². The third kappa shape index (κ3) is 4.85. The van der Waals surface area contributed by atoms with Gasteiger partial charge in [-0.15, -0.1) is 0 Å². The lowest BCUT2D eigenvalue weighted by molar-refractivity contribution is -0.899. The predicted molar refractivity (Wildman–Crippen MR) is 136 cm³/mol. The van der Waals surface area contributed by atoms with Crippen LogP contribution in [0, 0.1) is 5.92 Å². The number of quaternary nitrogens is 1. The maximum absolute atomic E-state index is 13.3. The van der Waals surface area contributed by atoms with Crippen molar-refractivity contribution in [3.8, 4) is 5.75 Å². The summed E-state index contributed by atoms with van der Waals surface area (Å²) in [4.78, 5) is 13.3. The number of nitrogens with two attached hydrogens (primary N) is 1. The lowest BCUT2D eigenvalue weighted by Gasteiger charge is -2.38. The van der Waals surface area contributed by atoms with Gasteiger partial charge in [-0.2, -0.15) is 0 Å². The Hall–Kier alpha value is -2.63. The monoisotopic (exact) mass is 507 g/mol. The number of carbonyl (C=O) groups excluding carboxylic acids is 1.